The molecule has 2 aromatic heterocycles. The molecule has 5 rings (SSSR count). The summed E-state index contributed by atoms with van der Waals surface area (Å²) < 4.78 is 12.7. The van der Waals surface area contributed by atoms with Crippen molar-refractivity contribution >= 4 is 40.0 Å². The van der Waals surface area contributed by atoms with Crippen molar-refractivity contribution in [3.63, 3.8) is 0 Å². The van der Waals surface area contributed by atoms with E-state index in [1.807, 2.05) is 31.1 Å². The summed E-state index contributed by atoms with van der Waals surface area (Å²) in [4.78, 5) is 36.6. The van der Waals surface area contributed by atoms with Gasteiger partial charge in [0.15, 0.2) is 16.8 Å². The average molecular weight is 579 g/mol. The molecule has 1 atom stereocenters. The molecule has 2 aromatic carbocycles. The molecule has 41 heavy (non-hydrogen) atoms. The van der Waals surface area contributed by atoms with Crippen LogP contribution in [-0.2, 0) is 0 Å². The normalized spacial score (nSPS) is 14.5. The number of methoxy groups -OCH3 is 2. The SMILES string of the molecule is COc1ccc(N(C(=O)Nc2ccc(Cl)nn2)C(C)c2nc3ccccc3c(=O)n2N2CCN(C)CC2)c(OC)c1. The van der Waals surface area contributed by atoms with Crippen LogP contribution in [0.2, 0.25) is 5.15 Å². The number of nitrogens with zero attached hydrogens (tertiary/aromatic N) is 7. The number of rotatable bonds is 7. The molecule has 0 bridgehead atoms. The second-order valence-corrected chi connectivity index (χ2v) is 10.0. The zero-order valence-corrected chi connectivity index (χ0v) is 24.0. The van der Waals surface area contributed by atoms with Crippen LogP contribution in [0.5, 0.6) is 11.5 Å². The number of aromatic nitrogens is 4. The lowest BCUT2D eigenvalue weighted by Gasteiger charge is -2.38. The molecule has 1 unspecified atom stereocenters. The van der Waals surface area contributed by atoms with Crippen LogP contribution in [0.3, 0.4) is 0 Å². The molecular weight excluding hydrogens is 548 g/mol. The van der Waals surface area contributed by atoms with E-state index >= 15 is 0 Å². The lowest BCUT2D eigenvalue weighted by Crippen LogP contribution is -2.55. The van der Waals surface area contributed by atoms with E-state index in [2.05, 4.69) is 20.4 Å². The Balaban J connectivity index is 1.67. The largest absolute Gasteiger partial charge is 0.497 e. The highest BCUT2D eigenvalue weighted by Gasteiger charge is 2.32. The predicted molar refractivity (Wildman–Crippen MR) is 158 cm³/mol. The molecule has 0 radical (unpaired) electrons. The number of nitrogens with one attached hydrogen (secondary N) is 1. The van der Waals surface area contributed by atoms with Gasteiger partial charge in [-0.25, -0.2) is 14.5 Å². The fourth-order valence-electron chi connectivity index (χ4n) is 4.83. The molecule has 214 valence electrons. The summed E-state index contributed by atoms with van der Waals surface area (Å²) in [6.07, 6.45) is 0. The number of hydrogen-bond acceptors (Lipinski definition) is 9. The molecule has 1 N–H and O–H groups in total. The molecule has 0 spiro atoms. The van der Waals surface area contributed by atoms with E-state index in [0.29, 0.717) is 47.0 Å². The third-order valence-corrected chi connectivity index (χ3v) is 7.24. The van der Waals surface area contributed by atoms with E-state index in [9.17, 15) is 9.59 Å². The highest BCUT2D eigenvalue weighted by Crippen LogP contribution is 2.37. The molecule has 1 aliphatic heterocycles. The van der Waals surface area contributed by atoms with Crippen molar-refractivity contribution in [2.24, 2.45) is 0 Å². The maximum Gasteiger partial charge on any atom is 0.328 e. The number of carbonyl (C=O) groups is 1. The minimum atomic E-state index is -0.741. The number of benzene rings is 2. The van der Waals surface area contributed by atoms with Crippen LogP contribution in [0.15, 0.2) is 59.4 Å². The summed E-state index contributed by atoms with van der Waals surface area (Å²) in [7, 11) is 5.11. The number of fused-ring (bicyclic) bond motifs is 1. The van der Waals surface area contributed by atoms with E-state index in [1.165, 1.54) is 18.1 Å². The quantitative estimate of drug-likeness (QED) is 0.351. The van der Waals surface area contributed by atoms with Crippen LogP contribution in [0.4, 0.5) is 16.3 Å². The van der Waals surface area contributed by atoms with Gasteiger partial charge in [-0.2, -0.15) is 0 Å². The van der Waals surface area contributed by atoms with Crippen LogP contribution < -0.4 is 30.3 Å². The third kappa shape index (κ3) is 5.74. The van der Waals surface area contributed by atoms with E-state index < -0.39 is 12.1 Å². The van der Waals surface area contributed by atoms with Gasteiger partial charge in [0.2, 0.25) is 0 Å². The Morgan fingerprint density at radius 3 is 2.46 bits per heavy atom. The Labute approximate surface area is 242 Å². The molecule has 0 aliphatic carbocycles. The van der Waals surface area contributed by atoms with Crippen molar-refractivity contribution in [2.75, 3.05) is 62.7 Å². The number of piperazine rings is 1. The Bertz CT molecular complexity index is 1610. The molecule has 12 nitrogen and oxygen atoms in total. The topological polar surface area (TPSA) is 118 Å². The Morgan fingerprint density at radius 2 is 1.78 bits per heavy atom. The summed E-state index contributed by atoms with van der Waals surface area (Å²) in [5.41, 5.74) is 0.774. The molecule has 3 heterocycles. The second kappa shape index (κ2) is 12.0. The number of halogens is 1. The minimum Gasteiger partial charge on any atom is -0.497 e. The fraction of sp³-hybridized carbons (Fsp3) is 0.321. The van der Waals surface area contributed by atoms with Gasteiger partial charge in [0.05, 0.1) is 36.9 Å². The van der Waals surface area contributed by atoms with Crippen molar-refractivity contribution in [3.05, 3.63) is 75.9 Å². The minimum absolute atomic E-state index is 0.196. The molecule has 1 aliphatic rings. The van der Waals surface area contributed by atoms with Gasteiger partial charge in [0, 0.05) is 32.2 Å². The summed E-state index contributed by atoms with van der Waals surface area (Å²) in [6.45, 7) is 4.61. The lowest BCUT2D eigenvalue weighted by atomic mass is 10.1. The first kappa shape index (κ1) is 28.1. The molecule has 0 saturated carbocycles. The first-order chi connectivity index (χ1) is 19.8. The molecule has 13 heteroatoms. The summed E-state index contributed by atoms with van der Waals surface area (Å²) in [5.74, 6) is 1.55. The highest BCUT2D eigenvalue weighted by atomic mass is 35.5. The first-order valence-corrected chi connectivity index (χ1v) is 13.5. The molecule has 1 saturated heterocycles. The van der Waals surface area contributed by atoms with Gasteiger partial charge in [0.25, 0.3) is 5.56 Å². The van der Waals surface area contributed by atoms with Crippen molar-refractivity contribution in [3.8, 4) is 11.5 Å². The maximum absolute atomic E-state index is 14.0. The van der Waals surface area contributed by atoms with Crippen LogP contribution in [0, 0.1) is 0 Å². The number of anilines is 2. The molecule has 2 amide bonds. The fourth-order valence-corrected chi connectivity index (χ4v) is 4.93. The van der Waals surface area contributed by atoms with E-state index in [-0.39, 0.29) is 16.5 Å². The summed E-state index contributed by atoms with van der Waals surface area (Å²) in [5, 5.41) is 13.3. The third-order valence-electron chi connectivity index (χ3n) is 7.03. The average Bonchev–Trinajstić information content (AvgIpc) is 2.99. The van der Waals surface area contributed by atoms with Gasteiger partial charge in [-0.05, 0) is 50.4 Å². The standard InChI is InChI=1S/C28H31ClN8O4/c1-18(26-30-21-8-6-5-7-20(21)27(38)37(26)35-15-13-34(2)14-16-35)36(22-10-9-19(40-3)17-23(22)41-4)28(39)31-25-12-11-24(29)32-33-25/h5-12,17-18H,13-16H2,1-4H3,(H,31,33,39). The number of ether oxygens (including phenoxy) is 2. The van der Waals surface area contributed by atoms with E-state index in [1.54, 1.807) is 48.2 Å². The maximum atomic E-state index is 14.0. The number of urea groups is 1. The summed E-state index contributed by atoms with van der Waals surface area (Å²) >= 11 is 5.89. The van der Waals surface area contributed by atoms with Gasteiger partial charge < -0.3 is 19.4 Å². The Morgan fingerprint density at radius 1 is 1.02 bits per heavy atom. The van der Waals surface area contributed by atoms with E-state index in [4.69, 9.17) is 26.1 Å². The van der Waals surface area contributed by atoms with Crippen LogP contribution in [0.25, 0.3) is 10.9 Å². The van der Waals surface area contributed by atoms with Crippen molar-refractivity contribution in [2.45, 2.75) is 13.0 Å². The smallest absolute Gasteiger partial charge is 0.328 e. The summed E-state index contributed by atoms with van der Waals surface area (Å²) in [6, 6.07) is 14.2. The van der Waals surface area contributed by atoms with Gasteiger partial charge in [-0.1, -0.05) is 23.7 Å². The van der Waals surface area contributed by atoms with Crippen LogP contribution in [0.1, 0.15) is 18.8 Å². The number of likely N-dealkylation sites (N-methyl/N-ethyl adjacent to an activating group) is 1. The van der Waals surface area contributed by atoms with Crippen molar-refractivity contribution in [1.29, 1.82) is 0 Å². The molecule has 4 aromatic rings. The van der Waals surface area contributed by atoms with Crippen LogP contribution in [-0.4, -0.2) is 78.2 Å². The highest BCUT2D eigenvalue weighted by molar-refractivity contribution is 6.29. The number of hydrogen-bond donors (Lipinski definition) is 1. The number of para-hydroxylation sites is 1. The first-order valence-electron chi connectivity index (χ1n) is 13.1. The lowest BCUT2D eigenvalue weighted by molar-refractivity contribution is 0.253. The van der Waals surface area contributed by atoms with Gasteiger partial charge >= 0.3 is 6.03 Å². The second-order valence-electron chi connectivity index (χ2n) is 9.62. The van der Waals surface area contributed by atoms with Crippen LogP contribution >= 0.6 is 11.6 Å². The predicted octanol–water partition coefficient (Wildman–Crippen LogP) is 3.54. The molecule has 1 fully saturated rings. The zero-order chi connectivity index (χ0) is 29.1. The van der Waals surface area contributed by atoms with Crippen molar-refractivity contribution < 1.29 is 14.3 Å². The van der Waals surface area contributed by atoms with Gasteiger partial charge in [-0.3, -0.25) is 15.0 Å². The Hall–Kier alpha value is -4.42. The zero-order valence-electron chi connectivity index (χ0n) is 23.2. The van der Waals surface area contributed by atoms with Gasteiger partial charge in [-0.15, -0.1) is 10.2 Å². The van der Waals surface area contributed by atoms with Crippen molar-refractivity contribution in [1.82, 2.24) is 24.8 Å². The number of amides is 2. The molecular formula is C28H31ClN8O4. The monoisotopic (exact) mass is 578 g/mol. The van der Waals surface area contributed by atoms with E-state index in [0.717, 1.165) is 13.1 Å². The van der Waals surface area contributed by atoms with Gasteiger partial charge in [0.1, 0.15) is 11.5 Å². The number of carbonyl (C=O) groups excluding carboxylic acids is 1. The Kier molecular flexibility index (Phi) is 8.22.